The molecule has 0 bridgehead atoms. The first-order chi connectivity index (χ1) is 9.34. The van der Waals surface area contributed by atoms with Crippen molar-refractivity contribution in [1.29, 1.82) is 0 Å². The molecule has 1 aromatic rings. The van der Waals surface area contributed by atoms with Gasteiger partial charge in [-0.05, 0) is 19.4 Å². The fraction of sp³-hybridized carbons (Fsp3) is 0.462. The molecule has 0 aromatic carbocycles. The van der Waals surface area contributed by atoms with E-state index in [0.717, 1.165) is 0 Å². The number of thiophene rings is 1. The van der Waals surface area contributed by atoms with Crippen molar-refractivity contribution in [3.63, 3.8) is 0 Å². The molecule has 1 aromatic heterocycles. The number of nitrogens with one attached hydrogen (secondary N) is 1. The molecular weight excluding hydrogens is 298 g/mol. The number of rotatable bonds is 2. The lowest BCUT2D eigenvalue weighted by atomic mass is 10.0. The molecule has 1 fully saturated rings. The first-order valence-electron chi connectivity index (χ1n) is 6.05. The van der Waals surface area contributed by atoms with Crippen molar-refractivity contribution in [2.24, 2.45) is 0 Å². The van der Waals surface area contributed by atoms with Gasteiger partial charge in [0.15, 0.2) is 9.84 Å². The molecule has 1 unspecified atom stereocenters. The van der Waals surface area contributed by atoms with Crippen LogP contribution in [0.5, 0.6) is 0 Å². The molecule has 1 saturated heterocycles. The van der Waals surface area contributed by atoms with Crippen molar-refractivity contribution in [1.82, 2.24) is 5.32 Å². The second-order valence-electron chi connectivity index (χ2n) is 5.02. The van der Waals surface area contributed by atoms with E-state index in [-0.39, 0.29) is 24.0 Å². The van der Waals surface area contributed by atoms with E-state index >= 15 is 0 Å². The van der Waals surface area contributed by atoms with Gasteiger partial charge in [-0.1, -0.05) is 11.8 Å². The summed E-state index contributed by atoms with van der Waals surface area (Å²) in [5.74, 6) is 5.04. The van der Waals surface area contributed by atoms with E-state index < -0.39 is 15.4 Å². The van der Waals surface area contributed by atoms with Gasteiger partial charge in [-0.2, -0.15) is 0 Å². The molecule has 5 nitrogen and oxygen atoms in total. The van der Waals surface area contributed by atoms with Crippen LogP contribution in [-0.4, -0.2) is 43.1 Å². The van der Waals surface area contributed by atoms with Gasteiger partial charge in [0.2, 0.25) is 0 Å². The summed E-state index contributed by atoms with van der Waals surface area (Å²) in [6.07, 6.45) is 0.433. The summed E-state index contributed by atoms with van der Waals surface area (Å²) in [6, 6.07) is 1.63. The molecule has 0 saturated carbocycles. The van der Waals surface area contributed by atoms with Crippen LogP contribution in [-0.2, 0) is 9.84 Å². The Hall–Kier alpha value is -1.36. The Kier molecular flexibility index (Phi) is 4.18. The highest BCUT2D eigenvalue weighted by molar-refractivity contribution is 7.91. The fourth-order valence-electron chi connectivity index (χ4n) is 2.10. The van der Waals surface area contributed by atoms with E-state index in [0.29, 0.717) is 16.9 Å². The van der Waals surface area contributed by atoms with Gasteiger partial charge < -0.3 is 10.4 Å². The quantitative estimate of drug-likeness (QED) is 0.774. The van der Waals surface area contributed by atoms with Gasteiger partial charge >= 0.3 is 0 Å². The normalized spacial score (nSPS) is 23.9. The molecule has 1 aliphatic heterocycles. The lowest BCUT2D eigenvalue weighted by Gasteiger charge is -2.23. The first kappa shape index (κ1) is 15.0. The number of sulfone groups is 1. The molecule has 1 aliphatic rings. The number of amides is 1. The van der Waals surface area contributed by atoms with Gasteiger partial charge in [-0.15, -0.1) is 11.3 Å². The molecule has 108 valence electrons. The number of aliphatic hydroxyl groups excluding tert-OH is 1. The maximum atomic E-state index is 12.1. The van der Waals surface area contributed by atoms with Gasteiger partial charge in [0, 0.05) is 5.38 Å². The van der Waals surface area contributed by atoms with Gasteiger partial charge in [-0.25, -0.2) is 8.42 Å². The predicted molar refractivity (Wildman–Crippen MR) is 77.4 cm³/mol. The number of hydrogen-bond acceptors (Lipinski definition) is 5. The third-order valence-corrected chi connectivity index (χ3v) is 5.82. The van der Waals surface area contributed by atoms with Crippen LogP contribution < -0.4 is 5.32 Å². The number of hydrogen-bond donors (Lipinski definition) is 2. The molecule has 1 amide bonds. The maximum absolute atomic E-state index is 12.1. The highest BCUT2D eigenvalue weighted by Crippen LogP contribution is 2.24. The first-order valence-corrected chi connectivity index (χ1v) is 8.75. The van der Waals surface area contributed by atoms with Crippen molar-refractivity contribution < 1.29 is 18.3 Å². The predicted octanol–water partition coefficient (Wildman–Crippen LogP) is 0.399. The summed E-state index contributed by atoms with van der Waals surface area (Å²) in [7, 11) is -3.05. The van der Waals surface area contributed by atoms with Crippen LogP contribution in [0.1, 0.15) is 28.6 Å². The summed E-state index contributed by atoms with van der Waals surface area (Å²) in [6.45, 7) is 1.52. The standard InChI is InChI=1S/C13H15NO4S2/c1-13(4-6-20(17,18)9-13)14-12(16)10-7-11(19-8-10)3-2-5-15/h7-8,15H,4-6,9H2,1H3,(H,14,16). The molecule has 2 N–H and O–H groups in total. The molecule has 2 heterocycles. The Bertz CT molecular complexity index is 681. The van der Waals surface area contributed by atoms with Crippen molar-refractivity contribution in [3.05, 3.63) is 21.9 Å². The molecule has 7 heteroatoms. The third kappa shape index (κ3) is 3.60. The van der Waals surface area contributed by atoms with E-state index in [1.54, 1.807) is 18.4 Å². The summed E-state index contributed by atoms with van der Waals surface area (Å²) in [5, 5.41) is 13.1. The van der Waals surface area contributed by atoms with Crippen molar-refractivity contribution in [3.8, 4) is 11.8 Å². The Morgan fingerprint density at radius 2 is 2.35 bits per heavy atom. The van der Waals surface area contributed by atoms with E-state index in [1.165, 1.54) is 11.3 Å². The number of carbonyl (C=O) groups is 1. The monoisotopic (exact) mass is 313 g/mol. The summed E-state index contributed by atoms with van der Waals surface area (Å²) >= 11 is 1.31. The van der Waals surface area contributed by atoms with Crippen LogP contribution in [0.15, 0.2) is 11.4 Å². The largest absolute Gasteiger partial charge is 0.384 e. The van der Waals surface area contributed by atoms with Gasteiger partial charge in [0.05, 0.1) is 27.5 Å². The molecule has 0 radical (unpaired) electrons. The van der Waals surface area contributed by atoms with E-state index in [9.17, 15) is 13.2 Å². The lowest BCUT2D eigenvalue weighted by molar-refractivity contribution is 0.0916. The average molecular weight is 313 g/mol. The zero-order chi connectivity index (χ0) is 14.8. The zero-order valence-electron chi connectivity index (χ0n) is 11.0. The van der Waals surface area contributed by atoms with Crippen LogP contribution in [0.4, 0.5) is 0 Å². The van der Waals surface area contributed by atoms with Crippen molar-refractivity contribution in [2.75, 3.05) is 18.1 Å². The highest BCUT2D eigenvalue weighted by atomic mass is 32.2. The highest BCUT2D eigenvalue weighted by Gasteiger charge is 2.39. The fourth-order valence-corrected chi connectivity index (χ4v) is 4.95. The van der Waals surface area contributed by atoms with Crippen molar-refractivity contribution in [2.45, 2.75) is 18.9 Å². The SMILES string of the molecule is CC1(NC(=O)c2csc(C#CCO)c2)CCS(=O)(=O)C1. The van der Waals surface area contributed by atoms with Gasteiger partial charge in [0.25, 0.3) is 5.91 Å². The van der Waals surface area contributed by atoms with E-state index in [2.05, 4.69) is 17.2 Å². The summed E-state index contributed by atoms with van der Waals surface area (Å²) in [5.41, 5.74) is -0.239. The zero-order valence-corrected chi connectivity index (χ0v) is 12.6. The van der Waals surface area contributed by atoms with Crippen LogP contribution in [0, 0.1) is 11.8 Å². The Morgan fingerprint density at radius 1 is 1.60 bits per heavy atom. The van der Waals surface area contributed by atoms with Crippen LogP contribution in [0.25, 0.3) is 0 Å². The van der Waals surface area contributed by atoms with E-state index in [4.69, 9.17) is 5.11 Å². The topological polar surface area (TPSA) is 83.5 Å². The van der Waals surface area contributed by atoms with Gasteiger partial charge in [-0.3, -0.25) is 4.79 Å². The van der Waals surface area contributed by atoms with Crippen LogP contribution in [0.2, 0.25) is 0 Å². The average Bonchev–Trinajstić information content (AvgIpc) is 2.91. The van der Waals surface area contributed by atoms with Crippen LogP contribution in [0.3, 0.4) is 0 Å². The Morgan fingerprint density at radius 3 is 2.95 bits per heavy atom. The maximum Gasteiger partial charge on any atom is 0.252 e. The Balaban J connectivity index is 2.07. The molecule has 20 heavy (non-hydrogen) atoms. The minimum atomic E-state index is -3.05. The minimum absolute atomic E-state index is 0.0208. The third-order valence-electron chi connectivity index (χ3n) is 3.07. The minimum Gasteiger partial charge on any atom is -0.384 e. The summed E-state index contributed by atoms with van der Waals surface area (Å²) in [4.78, 5) is 12.8. The summed E-state index contributed by atoms with van der Waals surface area (Å²) < 4.78 is 23.0. The van der Waals surface area contributed by atoms with Crippen molar-refractivity contribution >= 4 is 27.1 Å². The molecule has 1 atom stereocenters. The molecule has 0 spiro atoms. The molecule has 2 rings (SSSR count). The van der Waals surface area contributed by atoms with Crippen LogP contribution >= 0.6 is 11.3 Å². The smallest absolute Gasteiger partial charge is 0.252 e. The molecular formula is C13H15NO4S2. The Labute approximate surface area is 121 Å². The lowest BCUT2D eigenvalue weighted by Crippen LogP contribution is -2.46. The number of carbonyl (C=O) groups excluding carboxylic acids is 1. The second kappa shape index (κ2) is 5.56. The van der Waals surface area contributed by atoms with Gasteiger partial charge in [0.1, 0.15) is 6.61 Å². The number of aliphatic hydroxyl groups is 1. The second-order valence-corrected chi connectivity index (χ2v) is 8.11. The molecule has 0 aliphatic carbocycles. The van der Waals surface area contributed by atoms with E-state index in [1.807, 2.05) is 0 Å².